The van der Waals surface area contributed by atoms with Gasteiger partial charge in [0.05, 0.1) is 18.4 Å². The average Bonchev–Trinajstić information content (AvgIpc) is 3.14. The maximum absolute atomic E-state index is 12.0. The highest BCUT2D eigenvalue weighted by molar-refractivity contribution is 5.76. The maximum Gasteiger partial charge on any atom is 0.306 e. The third-order valence-electron chi connectivity index (χ3n) is 9.18. The number of carbonyl (C=O) groups excluding carboxylic acids is 1. The minimum absolute atomic E-state index is 0.0759. The van der Waals surface area contributed by atoms with Gasteiger partial charge < -0.3 is 14.9 Å². The Hall–Kier alpha value is -1.88. The van der Waals surface area contributed by atoms with Crippen LogP contribution in [-0.2, 0) is 14.3 Å². The number of hydrogen-bond acceptors (Lipinski definition) is 4. The lowest BCUT2D eigenvalue weighted by molar-refractivity contribution is -0.152. The van der Waals surface area contributed by atoms with Gasteiger partial charge in [0.15, 0.2) is 0 Å². The Morgan fingerprint density at radius 3 is 2.64 bits per heavy atom. The summed E-state index contributed by atoms with van der Waals surface area (Å²) in [6.45, 7) is 13.0. The summed E-state index contributed by atoms with van der Waals surface area (Å²) < 4.78 is 5.57. The lowest BCUT2D eigenvalue weighted by Gasteiger charge is -2.44. The fourth-order valence-corrected chi connectivity index (χ4v) is 7.21. The monoisotopic (exact) mass is 500 g/mol. The van der Waals surface area contributed by atoms with Crippen LogP contribution in [0.15, 0.2) is 35.5 Å². The number of carbonyl (C=O) groups is 2. The van der Waals surface area contributed by atoms with Gasteiger partial charge in [0.25, 0.3) is 0 Å². The summed E-state index contributed by atoms with van der Waals surface area (Å²) in [5, 5.41) is 18.9. The van der Waals surface area contributed by atoms with E-state index in [1.54, 1.807) is 5.57 Å². The first-order valence-corrected chi connectivity index (χ1v) is 14.1. The molecular formula is C31H48O5. The molecule has 0 amide bonds. The molecule has 3 aliphatic rings. The summed E-state index contributed by atoms with van der Waals surface area (Å²) in [7, 11) is 0. The van der Waals surface area contributed by atoms with Crippen molar-refractivity contribution >= 4 is 11.9 Å². The van der Waals surface area contributed by atoms with Gasteiger partial charge in [-0.2, -0.15) is 0 Å². The first-order chi connectivity index (χ1) is 16.9. The van der Waals surface area contributed by atoms with Gasteiger partial charge in [-0.15, -0.1) is 0 Å². The molecule has 0 heterocycles. The first kappa shape index (κ1) is 28.7. The topological polar surface area (TPSA) is 83.8 Å². The van der Waals surface area contributed by atoms with Crippen molar-refractivity contribution in [3.05, 3.63) is 35.5 Å². The van der Waals surface area contributed by atoms with E-state index in [9.17, 15) is 14.7 Å². The zero-order valence-corrected chi connectivity index (χ0v) is 23.0. The van der Waals surface area contributed by atoms with E-state index < -0.39 is 17.5 Å². The molecule has 2 unspecified atom stereocenters. The molecule has 0 spiro atoms. The Balaban J connectivity index is 1.64. The van der Waals surface area contributed by atoms with Gasteiger partial charge in [-0.25, -0.2) is 0 Å². The second-order valence-electron chi connectivity index (χ2n) is 12.6. The van der Waals surface area contributed by atoms with E-state index in [1.807, 2.05) is 13.8 Å². The zero-order valence-electron chi connectivity index (χ0n) is 23.0. The Labute approximate surface area is 218 Å². The summed E-state index contributed by atoms with van der Waals surface area (Å²) in [4.78, 5) is 22.7. The molecule has 0 aliphatic heterocycles. The molecule has 0 saturated heterocycles. The number of fused-ring (bicyclic) bond motifs is 1. The summed E-state index contributed by atoms with van der Waals surface area (Å²) in [5.74, 6) is 0.638. The van der Waals surface area contributed by atoms with Gasteiger partial charge in [0.1, 0.15) is 6.10 Å². The molecule has 202 valence electrons. The quantitative estimate of drug-likeness (QED) is 0.311. The van der Waals surface area contributed by atoms with Crippen molar-refractivity contribution in [1.29, 1.82) is 0 Å². The Bertz CT molecular complexity index is 876. The summed E-state index contributed by atoms with van der Waals surface area (Å²) in [6.07, 6.45) is 15.7. The van der Waals surface area contributed by atoms with Crippen LogP contribution in [0, 0.1) is 23.2 Å². The molecule has 0 radical (unpaired) electrons. The van der Waals surface area contributed by atoms with Crippen molar-refractivity contribution in [2.75, 3.05) is 0 Å². The SMILES string of the molecule is C=C1CC[C@@H](OC(=O)CCC(=O)O)C/C1=C/C=C1\CCC[C@@]2(C)C1CC[C@@H]2C(C)CCCC(C)(C)O. The van der Waals surface area contributed by atoms with Gasteiger partial charge in [-0.1, -0.05) is 56.6 Å². The Morgan fingerprint density at radius 2 is 1.94 bits per heavy atom. The highest BCUT2D eigenvalue weighted by Crippen LogP contribution is 2.60. The number of ether oxygens (including phenoxy) is 1. The molecule has 0 aromatic rings. The first-order valence-electron chi connectivity index (χ1n) is 14.1. The Kier molecular flexibility index (Phi) is 9.65. The van der Waals surface area contributed by atoms with Gasteiger partial charge in [0, 0.05) is 6.42 Å². The van der Waals surface area contributed by atoms with E-state index in [1.165, 1.54) is 32.1 Å². The minimum Gasteiger partial charge on any atom is -0.481 e. The standard InChI is InChI=1S/C31H48O5/c1-21-10-13-25(36-29(34)17-16-28(32)33)20-24(21)12-11-23-9-7-19-31(5)26(14-15-27(23)31)22(2)8-6-18-30(3,4)35/h11-12,22,25-27,35H,1,6-10,13-20H2,2-5H3,(H,32,33)/b23-11+,24-12-/t22?,25-,26-,27?,31-/m1/s1. The minimum atomic E-state index is -0.978. The van der Waals surface area contributed by atoms with Crippen LogP contribution in [0.25, 0.3) is 0 Å². The lowest BCUT2D eigenvalue weighted by Crippen LogP contribution is -2.36. The molecule has 3 aliphatic carbocycles. The molecule has 3 rings (SSSR count). The van der Waals surface area contributed by atoms with Gasteiger partial charge in [0.2, 0.25) is 0 Å². The maximum atomic E-state index is 12.0. The second kappa shape index (κ2) is 12.1. The smallest absolute Gasteiger partial charge is 0.306 e. The van der Waals surface area contributed by atoms with Crippen LogP contribution in [-0.4, -0.2) is 33.9 Å². The number of rotatable bonds is 10. The number of aliphatic carboxylic acids is 1. The zero-order chi connectivity index (χ0) is 26.5. The van der Waals surface area contributed by atoms with E-state index in [0.717, 1.165) is 49.2 Å². The number of aliphatic hydroxyl groups is 1. The van der Waals surface area contributed by atoms with Crippen molar-refractivity contribution in [3.63, 3.8) is 0 Å². The Morgan fingerprint density at radius 1 is 1.19 bits per heavy atom. The van der Waals surface area contributed by atoms with E-state index in [2.05, 4.69) is 32.6 Å². The van der Waals surface area contributed by atoms with Gasteiger partial charge >= 0.3 is 11.9 Å². The number of hydrogen-bond donors (Lipinski definition) is 2. The van der Waals surface area contributed by atoms with Crippen molar-refractivity contribution in [3.8, 4) is 0 Å². The van der Waals surface area contributed by atoms with E-state index in [0.29, 0.717) is 23.7 Å². The van der Waals surface area contributed by atoms with Crippen molar-refractivity contribution in [1.82, 2.24) is 0 Å². The van der Waals surface area contributed by atoms with Gasteiger partial charge in [-0.05, 0) is 94.0 Å². The normalized spacial score (nSPS) is 31.9. The van der Waals surface area contributed by atoms with Crippen LogP contribution in [0.1, 0.15) is 111 Å². The van der Waals surface area contributed by atoms with Crippen molar-refractivity contribution < 1.29 is 24.5 Å². The highest BCUT2D eigenvalue weighted by atomic mass is 16.5. The van der Waals surface area contributed by atoms with Gasteiger partial charge in [-0.3, -0.25) is 9.59 Å². The predicted octanol–water partition coefficient (Wildman–Crippen LogP) is 7.15. The average molecular weight is 501 g/mol. The second-order valence-corrected chi connectivity index (χ2v) is 12.6. The fourth-order valence-electron chi connectivity index (χ4n) is 7.21. The summed E-state index contributed by atoms with van der Waals surface area (Å²) >= 11 is 0. The van der Waals surface area contributed by atoms with Crippen LogP contribution in [0.3, 0.4) is 0 Å². The molecule has 5 nitrogen and oxygen atoms in total. The van der Waals surface area contributed by atoms with Crippen LogP contribution >= 0.6 is 0 Å². The summed E-state index contributed by atoms with van der Waals surface area (Å²) in [6, 6.07) is 0. The third kappa shape index (κ3) is 7.57. The third-order valence-corrected chi connectivity index (χ3v) is 9.18. The number of carboxylic acid groups (broad SMARTS) is 1. The van der Waals surface area contributed by atoms with Crippen LogP contribution in [0.4, 0.5) is 0 Å². The van der Waals surface area contributed by atoms with E-state index >= 15 is 0 Å². The lowest BCUT2D eigenvalue weighted by atomic mass is 9.60. The summed E-state index contributed by atoms with van der Waals surface area (Å²) in [5.41, 5.74) is 3.62. The number of allylic oxidation sites excluding steroid dienone is 4. The molecule has 3 fully saturated rings. The fraction of sp³-hybridized carbons (Fsp3) is 0.742. The molecule has 0 bridgehead atoms. The molecule has 5 atom stereocenters. The number of esters is 1. The van der Waals surface area contributed by atoms with E-state index in [-0.39, 0.29) is 18.9 Å². The molecule has 36 heavy (non-hydrogen) atoms. The largest absolute Gasteiger partial charge is 0.481 e. The van der Waals surface area contributed by atoms with E-state index in [4.69, 9.17) is 9.84 Å². The number of carboxylic acids is 1. The molecule has 2 N–H and O–H groups in total. The predicted molar refractivity (Wildman–Crippen MR) is 143 cm³/mol. The molecular weight excluding hydrogens is 452 g/mol. The van der Waals surface area contributed by atoms with Crippen LogP contribution < -0.4 is 0 Å². The van der Waals surface area contributed by atoms with Crippen LogP contribution in [0.2, 0.25) is 0 Å². The van der Waals surface area contributed by atoms with Crippen molar-refractivity contribution in [2.24, 2.45) is 23.2 Å². The van der Waals surface area contributed by atoms with Crippen molar-refractivity contribution in [2.45, 2.75) is 123 Å². The molecule has 0 aromatic carbocycles. The van der Waals surface area contributed by atoms with Crippen LogP contribution in [0.5, 0.6) is 0 Å². The molecule has 5 heteroatoms. The molecule has 0 aromatic heterocycles. The highest BCUT2D eigenvalue weighted by Gasteiger charge is 2.50. The molecule has 3 saturated carbocycles.